The maximum atomic E-state index is 13.5. The second-order valence-corrected chi connectivity index (χ2v) is 7.33. The van der Waals surface area contributed by atoms with Crippen molar-refractivity contribution >= 4 is 17.9 Å². The van der Waals surface area contributed by atoms with E-state index in [1.807, 2.05) is 24.3 Å². The number of anilines is 1. The Kier molecular flexibility index (Phi) is 5.53. The summed E-state index contributed by atoms with van der Waals surface area (Å²) < 4.78 is 19.0. The van der Waals surface area contributed by atoms with Crippen LogP contribution in [-0.2, 0) is 4.74 Å². The highest BCUT2D eigenvalue weighted by atomic mass is 19.1. The predicted octanol–water partition coefficient (Wildman–Crippen LogP) is 5.27. The van der Waals surface area contributed by atoms with Crippen molar-refractivity contribution in [2.75, 3.05) is 18.9 Å². The third-order valence-corrected chi connectivity index (χ3v) is 5.39. The molecule has 3 N–H and O–H groups in total. The summed E-state index contributed by atoms with van der Waals surface area (Å²) in [4.78, 5) is 12.2. The Labute approximate surface area is 175 Å². The molecule has 0 spiro atoms. The van der Waals surface area contributed by atoms with E-state index in [1.165, 1.54) is 34.4 Å². The van der Waals surface area contributed by atoms with Crippen LogP contribution in [0.5, 0.6) is 0 Å². The first-order chi connectivity index (χ1) is 14.5. The van der Waals surface area contributed by atoms with Crippen LogP contribution in [0.1, 0.15) is 28.2 Å². The van der Waals surface area contributed by atoms with E-state index in [0.29, 0.717) is 16.8 Å². The third kappa shape index (κ3) is 3.92. The SMILES string of the molecule is Cc1cc(F)cc(C=CCNC(=O)OCC2c3ccccc3-c3ccccc32)c1N. The van der Waals surface area contributed by atoms with E-state index in [1.54, 1.807) is 19.1 Å². The fraction of sp³-hybridized carbons (Fsp3) is 0.160. The van der Waals surface area contributed by atoms with Crippen molar-refractivity contribution in [3.05, 3.63) is 94.8 Å². The molecule has 0 aliphatic heterocycles. The number of amides is 1. The number of ether oxygens (including phenoxy) is 1. The van der Waals surface area contributed by atoms with Gasteiger partial charge in [0.1, 0.15) is 12.4 Å². The van der Waals surface area contributed by atoms with Gasteiger partial charge in [-0.25, -0.2) is 9.18 Å². The summed E-state index contributed by atoms with van der Waals surface area (Å²) in [6.07, 6.45) is 2.91. The zero-order valence-corrected chi connectivity index (χ0v) is 16.7. The number of rotatable bonds is 5. The Hall–Kier alpha value is -3.60. The number of halogens is 1. The molecular formula is C25H23FN2O2. The van der Waals surface area contributed by atoms with Gasteiger partial charge in [0, 0.05) is 23.7 Å². The molecule has 3 aromatic rings. The second kappa shape index (κ2) is 8.41. The average molecular weight is 402 g/mol. The van der Waals surface area contributed by atoms with Gasteiger partial charge in [0.2, 0.25) is 0 Å². The molecule has 4 rings (SSSR count). The number of fused-ring (bicyclic) bond motifs is 3. The van der Waals surface area contributed by atoms with Crippen molar-refractivity contribution in [2.45, 2.75) is 12.8 Å². The number of aryl methyl sites for hydroxylation is 1. The fourth-order valence-corrected chi connectivity index (χ4v) is 3.90. The third-order valence-electron chi connectivity index (χ3n) is 5.39. The van der Waals surface area contributed by atoms with Crippen LogP contribution in [0.3, 0.4) is 0 Å². The molecule has 0 heterocycles. The summed E-state index contributed by atoms with van der Waals surface area (Å²) in [7, 11) is 0. The van der Waals surface area contributed by atoms with Crippen molar-refractivity contribution in [2.24, 2.45) is 0 Å². The topological polar surface area (TPSA) is 64.3 Å². The number of hydrogen-bond acceptors (Lipinski definition) is 3. The highest BCUT2D eigenvalue weighted by molar-refractivity contribution is 5.79. The Balaban J connectivity index is 1.35. The average Bonchev–Trinajstić information content (AvgIpc) is 3.07. The van der Waals surface area contributed by atoms with Crippen LogP contribution in [0.4, 0.5) is 14.9 Å². The van der Waals surface area contributed by atoms with Crippen molar-refractivity contribution in [3.63, 3.8) is 0 Å². The number of benzene rings is 3. The van der Waals surface area contributed by atoms with Gasteiger partial charge < -0.3 is 15.8 Å². The normalized spacial score (nSPS) is 12.6. The highest BCUT2D eigenvalue weighted by Crippen LogP contribution is 2.44. The molecule has 0 fully saturated rings. The second-order valence-electron chi connectivity index (χ2n) is 7.33. The molecule has 3 aromatic carbocycles. The first kappa shape index (κ1) is 19.7. The molecule has 1 amide bonds. The van der Waals surface area contributed by atoms with Crippen molar-refractivity contribution < 1.29 is 13.9 Å². The molecule has 0 atom stereocenters. The van der Waals surface area contributed by atoms with Crippen molar-refractivity contribution in [3.8, 4) is 11.1 Å². The lowest BCUT2D eigenvalue weighted by Gasteiger charge is -2.14. The number of nitrogen functional groups attached to an aromatic ring is 1. The lowest BCUT2D eigenvalue weighted by atomic mass is 9.98. The molecule has 0 saturated carbocycles. The molecule has 0 saturated heterocycles. The van der Waals surface area contributed by atoms with Gasteiger partial charge in [0.15, 0.2) is 0 Å². The lowest BCUT2D eigenvalue weighted by molar-refractivity contribution is 0.144. The predicted molar refractivity (Wildman–Crippen MR) is 118 cm³/mol. The molecule has 4 nitrogen and oxygen atoms in total. The minimum Gasteiger partial charge on any atom is -0.449 e. The molecular weight excluding hydrogens is 379 g/mol. The Morgan fingerprint density at radius 3 is 2.40 bits per heavy atom. The zero-order chi connectivity index (χ0) is 21.1. The van der Waals surface area contributed by atoms with Crippen LogP contribution in [0.2, 0.25) is 0 Å². The number of alkyl carbamates (subject to hydrolysis) is 1. The molecule has 0 radical (unpaired) electrons. The van der Waals surface area contributed by atoms with Crippen molar-refractivity contribution in [1.29, 1.82) is 0 Å². The summed E-state index contributed by atoms with van der Waals surface area (Å²) in [5, 5.41) is 2.69. The number of carbonyl (C=O) groups is 1. The monoisotopic (exact) mass is 402 g/mol. The number of nitrogens with one attached hydrogen (secondary N) is 1. The number of carbonyl (C=O) groups excluding carboxylic acids is 1. The molecule has 0 bridgehead atoms. The van der Waals surface area contributed by atoms with E-state index in [9.17, 15) is 9.18 Å². The number of nitrogens with two attached hydrogens (primary N) is 1. The van der Waals surface area contributed by atoms with Crippen LogP contribution < -0.4 is 11.1 Å². The first-order valence-electron chi connectivity index (χ1n) is 9.85. The maximum Gasteiger partial charge on any atom is 0.407 e. The van der Waals surface area contributed by atoms with Gasteiger partial charge >= 0.3 is 6.09 Å². The van der Waals surface area contributed by atoms with Gasteiger partial charge in [-0.15, -0.1) is 0 Å². The van der Waals surface area contributed by atoms with E-state index >= 15 is 0 Å². The van der Waals surface area contributed by atoms with Gasteiger partial charge in [-0.1, -0.05) is 60.7 Å². The van der Waals surface area contributed by atoms with Gasteiger partial charge in [-0.05, 0) is 46.9 Å². The molecule has 5 heteroatoms. The standard InChI is InChI=1S/C25H23FN2O2/c1-16-13-18(26)14-17(24(16)27)7-6-12-28-25(29)30-15-23-21-10-4-2-8-19(21)20-9-3-5-11-22(20)23/h2-11,13-14,23H,12,15,27H2,1H3,(H,28,29). The fourth-order valence-electron chi connectivity index (χ4n) is 3.90. The van der Waals surface area contributed by atoms with Gasteiger partial charge in [-0.3, -0.25) is 0 Å². The van der Waals surface area contributed by atoms with Gasteiger partial charge in [0.05, 0.1) is 0 Å². The smallest absolute Gasteiger partial charge is 0.407 e. The zero-order valence-electron chi connectivity index (χ0n) is 16.7. The Bertz CT molecular complexity index is 1080. The molecule has 0 aromatic heterocycles. The summed E-state index contributed by atoms with van der Waals surface area (Å²) in [5.74, 6) is -0.320. The van der Waals surface area contributed by atoms with Crippen LogP contribution in [0, 0.1) is 12.7 Å². The molecule has 30 heavy (non-hydrogen) atoms. The lowest BCUT2D eigenvalue weighted by Crippen LogP contribution is -2.26. The maximum absolute atomic E-state index is 13.5. The van der Waals surface area contributed by atoms with E-state index in [2.05, 4.69) is 29.6 Å². The van der Waals surface area contributed by atoms with Gasteiger partial charge in [-0.2, -0.15) is 0 Å². The molecule has 1 aliphatic carbocycles. The first-order valence-corrected chi connectivity index (χ1v) is 9.85. The van der Waals surface area contributed by atoms with E-state index in [4.69, 9.17) is 10.5 Å². The van der Waals surface area contributed by atoms with E-state index < -0.39 is 6.09 Å². The molecule has 0 unspecified atom stereocenters. The van der Waals surface area contributed by atoms with Crippen LogP contribution >= 0.6 is 0 Å². The minimum absolute atomic E-state index is 0.0220. The van der Waals surface area contributed by atoms with E-state index in [0.717, 1.165) is 0 Å². The van der Waals surface area contributed by atoms with Gasteiger partial charge in [0.25, 0.3) is 0 Å². The summed E-state index contributed by atoms with van der Waals surface area (Å²) >= 11 is 0. The minimum atomic E-state index is -0.495. The summed E-state index contributed by atoms with van der Waals surface area (Å²) in [6.45, 7) is 2.27. The van der Waals surface area contributed by atoms with Crippen LogP contribution in [-0.4, -0.2) is 19.2 Å². The Morgan fingerprint density at radius 1 is 1.10 bits per heavy atom. The van der Waals surface area contributed by atoms with E-state index in [-0.39, 0.29) is 24.9 Å². The number of hydrogen-bond donors (Lipinski definition) is 2. The summed E-state index contributed by atoms with van der Waals surface area (Å²) in [6, 6.07) is 19.1. The highest BCUT2D eigenvalue weighted by Gasteiger charge is 2.28. The van der Waals surface area contributed by atoms with Crippen LogP contribution in [0.15, 0.2) is 66.7 Å². The van der Waals surface area contributed by atoms with Crippen LogP contribution in [0.25, 0.3) is 17.2 Å². The quantitative estimate of drug-likeness (QED) is 0.572. The van der Waals surface area contributed by atoms with Crippen molar-refractivity contribution in [1.82, 2.24) is 5.32 Å². The largest absolute Gasteiger partial charge is 0.449 e. The molecule has 1 aliphatic rings. The molecule has 152 valence electrons. The summed E-state index contributed by atoms with van der Waals surface area (Å²) in [5.41, 5.74) is 12.5. The Morgan fingerprint density at radius 2 is 1.73 bits per heavy atom.